The quantitative estimate of drug-likeness (QED) is 0.781. The van der Waals surface area contributed by atoms with Crippen molar-refractivity contribution in [3.63, 3.8) is 0 Å². The molecule has 8 heteroatoms. The normalized spacial score (nSPS) is 25.5. The topological polar surface area (TPSA) is 106 Å². The minimum Gasteiger partial charge on any atom is -0.394 e. The van der Waals surface area contributed by atoms with Crippen molar-refractivity contribution in [2.75, 3.05) is 13.7 Å². The van der Waals surface area contributed by atoms with Gasteiger partial charge in [-0.1, -0.05) is 0 Å². The van der Waals surface area contributed by atoms with Crippen molar-refractivity contribution in [1.29, 1.82) is 0 Å². The molecule has 8 nitrogen and oxygen atoms in total. The molecular formula is C13H15N3O5. The van der Waals surface area contributed by atoms with Crippen molar-refractivity contribution in [1.82, 2.24) is 14.5 Å². The summed E-state index contributed by atoms with van der Waals surface area (Å²) in [5.41, 5.74) is -0.635. The fourth-order valence-corrected chi connectivity index (χ4v) is 2.50. The molecule has 1 saturated heterocycles. The maximum atomic E-state index is 12.1. The fourth-order valence-electron chi connectivity index (χ4n) is 2.50. The number of aromatic amines is 1. The lowest BCUT2D eigenvalue weighted by molar-refractivity contribution is -0.0622. The molecule has 2 aromatic rings. The van der Waals surface area contributed by atoms with Crippen LogP contribution in [0.2, 0.25) is 0 Å². The SMILES string of the molecule is CO[C@@H]1C[C@@H](CO)O[C@H]1n1cc2ccc(=O)[nH]c2nc1=O. The summed E-state index contributed by atoms with van der Waals surface area (Å²) >= 11 is 0. The molecule has 1 fully saturated rings. The predicted octanol–water partition coefficient (Wildman–Crippen LogP) is -0.620. The van der Waals surface area contributed by atoms with Gasteiger partial charge in [0.15, 0.2) is 6.23 Å². The minimum absolute atomic E-state index is 0.139. The number of methoxy groups -OCH3 is 1. The molecule has 0 saturated carbocycles. The molecule has 3 rings (SSSR count). The van der Waals surface area contributed by atoms with Crippen LogP contribution in [0.5, 0.6) is 0 Å². The van der Waals surface area contributed by atoms with Gasteiger partial charge in [-0.15, -0.1) is 0 Å². The van der Waals surface area contributed by atoms with Crippen LogP contribution in [-0.4, -0.2) is 45.6 Å². The number of aliphatic hydroxyl groups excluding tert-OH is 1. The number of ether oxygens (including phenoxy) is 2. The summed E-state index contributed by atoms with van der Waals surface area (Å²) in [5.74, 6) is 0. The number of hydrogen-bond donors (Lipinski definition) is 2. The summed E-state index contributed by atoms with van der Waals surface area (Å²) in [6.07, 6.45) is 0.689. The number of fused-ring (bicyclic) bond motifs is 1. The molecule has 3 atom stereocenters. The smallest absolute Gasteiger partial charge is 0.351 e. The molecular weight excluding hydrogens is 278 g/mol. The van der Waals surface area contributed by atoms with Gasteiger partial charge in [-0.3, -0.25) is 9.36 Å². The molecule has 112 valence electrons. The van der Waals surface area contributed by atoms with Crippen molar-refractivity contribution in [3.8, 4) is 0 Å². The highest BCUT2D eigenvalue weighted by atomic mass is 16.6. The van der Waals surface area contributed by atoms with Crippen LogP contribution in [0.1, 0.15) is 12.6 Å². The highest BCUT2D eigenvalue weighted by molar-refractivity contribution is 5.72. The van der Waals surface area contributed by atoms with Crippen LogP contribution in [-0.2, 0) is 9.47 Å². The number of H-pyrrole nitrogens is 1. The minimum atomic E-state index is -0.650. The number of aliphatic hydroxyl groups is 1. The maximum absolute atomic E-state index is 12.1. The van der Waals surface area contributed by atoms with E-state index in [1.165, 1.54) is 17.7 Å². The maximum Gasteiger partial charge on any atom is 0.351 e. The van der Waals surface area contributed by atoms with Crippen LogP contribution in [0.25, 0.3) is 11.0 Å². The first-order valence-corrected chi connectivity index (χ1v) is 6.53. The Kier molecular flexibility index (Phi) is 3.58. The zero-order chi connectivity index (χ0) is 15.0. The van der Waals surface area contributed by atoms with Crippen LogP contribution in [0.4, 0.5) is 0 Å². The van der Waals surface area contributed by atoms with E-state index in [0.717, 1.165) is 0 Å². The van der Waals surface area contributed by atoms with Crippen molar-refractivity contribution in [2.24, 2.45) is 0 Å². The number of aromatic nitrogens is 3. The van der Waals surface area contributed by atoms with E-state index >= 15 is 0 Å². The summed E-state index contributed by atoms with van der Waals surface area (Å²) < 4.78 is 12.3. The van der Waals surface area contributed by atoms with Crippen molar-refractivity contribution in [2.45, 2.75) is 24.9 Å². The van der Waals surface area contributed by atoms with Gasteiger partial charge >= 0.3 is 5.69 Å². The number of nitrogens with zero attached hydrogens (tertiary/aromatic N) is 2. The van der Waals surface area contributed by atoms with Gasteiger partial charge in [0, 0.05) is 31.2 Å². The third-order valence-corrected chi connectivity index (χ3v) is 3.56. The van der Waals surface area contributed by atoms with Crippen molar-refractivity contribution < 1.29 is 14.6 Å². The zero-order valence-electron chi connectivity index (χ0n) is 11.4. The van der Waals surface area contributed by atoms with Crippen LogP contribution >= 0.6 is 0 Å². The van der Waals surface area contributed by atoms with Gasteiger partial charge in [0.1, 0.15) is 11.8 Å². The van der Waals surface area contributed by atoms with E-state index in [4.69, 9.17) is 9.47 Å². The zero-order valence-corrected chi connectivity index (χ0v) is 11.4. The molecule has 21 heavy (non-hydrogen) atoms. The van der Waals surface area contributed by atoms with Gasteiger partial charge in [0.05, 0.1) is 12.7 Å². The fraction of sp³-hybridized carbons (Fsp3) is 0.462. The second kappa shape index (κ2) is 5.40. The monoisotopic (exact) mass is 293 g/mol. The highest BCUT2D eigenvalue weighted by Gasteiger charge is 2.37. The molecule has 2 aromatic heterocycles. The largest absolute Gasteiger partial charge is 0.394 e. The summed E-state index contributed by atoms with van der Waals surface area (Å²) in [7, 11) is 1.53. The first kappa shape index (κ1) is 13.9. The van der Waals surface area contributed by atoms with E-state index in [1.807, 2.05) is 0 Å². The summed E-state index contributed by atoms with van der Waals surface area (Å²) in [6.45, 7) is -0.139. The molecule has 0 aromatic carbocycles. The van der Waals surface area contributed by atoms with Gasteiger partial charge in [0.2, 0.25) is 5.56 Å². The Morgan fingerprint density at radius 1 is 1.52 bits per heavy atom. The van der Waals surface area contributed by atoms with E-state index in [0.29, 0.717) is 11.8 Å². The molecule has 1 aliphatic heterocycles. The predicted molar refractivity (Wildman–Crippen MR) is 73.0 cm³/mol. The molecule has 0 radical (unpaired) electrons. The number of rotatable bonds is 3. The van der Waals surface area contributed by atoms with Crippen LogP contribution in [0, 0.1) is 0 Å². The average Bonchev–Trinajstić information content (AvgIpc) is 2.89. The Morgan fingerprint density at radius 2 is 2.33 bits per heavy atom. The number of nitrogens with one attached hydrogen (secondary N) is 1. The first-order chi connectivity index (χ1) is 10.1. The van der Waals surface area contributed by atoms with Gasteiger partial charge in [-0.2, -0.15) is 4.98 Å². The van der Waals surface area contributed by atoms with E-state index in [2.05, 4.69) is 9.97 Å². The Hall–Kier alpha value is -2.03. The Balaban J connectivity index is 2.07. The lowest BCUT2D eigenvalue weighted by Gasteiger charge is -2.19. The van der Waals surface area contributed by atoms with Crippen molar-refractivity contribution >= 4 is 11.0 Å². The summed E-state index contributed by atoms with van der Waals surface area (Å²) in [5, 5.41) is 9.80. The van der Waals surface area contributed by atoms with Gasteiger partial charge in [-0.05, 0) is 6.07 Å². The molecule has 0 amide bonds. The summed E-state index contributed by atoms with van der Waals surface area (Å²) in [4.78, 5) is 29.7. The van der Waals surface area contributed by atoms with Gasteiger partial charge in [-0.25, -0.2) is 4.79 Å². The van der Waals surface area contributed by atoms with E-state index in [1.54, 1.807) is 12.3 Å². The Labute approximate surface area is 119 Å². The van der Waals surface area contributed by atoms with Crippen molar-refractivity contribution in [3.05, 3.63) is 39.2 Å². The Bertz CT molecular complexity index is 768. The standard InChI is InChI=1S/C13H15N3O5/c1-20-9-4-8(6-17)21-12(9)16-5-7-2-3-10(18)14-11(7)15-13(16)19/h2-3,5,8-9,12,17H,4,6H2,1H3,(H,14,15,18,19)/t8-,9+,12+/m0/s1. The second-order valence-electron chi connectivity index (χ2n) is 4.90. The molecule has 0 aliphatic carbocycles. The third kappa shape index (κ3) is 2.48. The molecule has 0 spiro atoms. The van der Waals surface area contributed by atoms with E-state index in [-0.39, 0.29) is 30.0 Å². The van der Waals surface area contributed by atoms with E-state index < -0.39 is 11.9 Å². The lowest BCUT2D eigenvalue weighted by atomic mass is 10.2. The van der Waals surface area contributed by atoms with Crippen LogP contribution in [0.15, 0.2) is 27.9 Å². The number of hydrogen-bond acceptors (Lipinski definition) is 6. The third-order valence-electron chi connectivity index (χ3n) is 3.56. The summed E-state index contributed by atoms with van der Waals surface area (Å²) in [6, 6.07) is 2.94. The highest BCUT2D eigenvalue weighted by Crippen LogP contribution is 2.29. The van der Waals surface area contributed by atoms with E-state index in [9.17, 15) is 14.7 Å². The average molecular weight is 293 g/mol. The van der Waals surface area contributed by atoms with Gasteiger partial charge in [0.25, 0.3) is 0 Å². The second-order valence-corrected chi connectivity index (χ2v) is 4.90. The molecule has 1 aliphatic rings. The number of pyridine rings is 1. The molecule has 2 N–H and O–H groups in total. The molecule has 0 bridgehead atoms. The first-order valence-electron chi connectivity index (χ1n) is 6.53. The van der Waals surface area contributed by atoms with Gasteiger partial charge < -0.3 is 19.6 Å². The van der Waals surface area contributed by atoms with Crippen LogP contribution < -0.4 is 11.2 Å². The van der Waals surface area contributed by atoms with Crippen LogP contribution in [0.3, 0.4) is 0 Å². The molecule has 3 heterocycles. The lowest BCUT2D eigenvalue weighted by Crippen LogP contribution is -2.32. The Morgan fingerprint density at radius 3 is 3.05 bits per heavy atom. The molecule has 0 unspecified atom stereocenters.